The molecule has 2 unspecified atom stereocenters. The normalized spacial score (nSPS) is 21.5. The fourth-order valence-electron chi connectivity index (χ4n) is 4.66. The fourth-order valence-corrected chi connectivity index (χ4v) is 4.85. The second-order valence-corrected chi connectivity index (χ2v) is 8.69. The molecule has 2 aliphatic heterocycles. The van der Waals surface area contributed by atoms with Gasteiger partial charge in [-0.15, -0.1) is 0 Å². The zero-order chi connectivity index (χ0) is 21.2. The summed E-state index contributed by atoms with van der Waals surface area (Å²) in [5.74, 6) is 1.53. The molecule has 3 heterocycles. The van der Waals surface area contributed by atoms with E-state index >= 15 is 0 Å². The Labute approximate surface area is 187 Å². The molecule has 1 saturated heterocycles. The SMILES string of the molecule is OC1CN(c2cc(Nc3cccc(Cl)c3)ncn2)CCC1N1CCc2ccccc2C1. The van der Waals surface area contributed by atoms with Crippen LogP contribution in [-0.4, -0.2) is 51.8 Å². The molecular formula is C24H26ClN5O. The molecule has 2 aromatic carbocycles. The molecule has 160 valence electrons. The Hall–Kier alpha value is -2.67. The van der Waals surface area contributed by atoms with Gasteiger partial charge in [0, 0.05) is 49.0 Å². The minimum atomic E-state index is -0.418. The lowest BCUT2D eigenvalue weighted by Gasteiger charge is -2.43. The molecular weight excluding hydrogens is 410 g/mol. The van der Waals surface area contributed by atoms with Crippen molar-refractivity contribution in [2.24, 2.45) is 0 Å². The Morgan fingerprint density at radius 3 is 2.71 bits per heavy atom. The summed E-state index contributed by atoms with van der Waals surface area (Å²) in [6.07, 6.45) is 3.10. The number of hydrogen-bond acceptors (Lipinski definition) is 6. The molecule has 0 radical (unpaired) electrons. The molecule has 1 aromatic heterocycles. The number of rotatable bonds is 4. The minimum Gasteiger partial charge on any atom is -0.390 e. The summed E-state index contributed by atoms with van der Waals surface area (Å²) in [4.78, 5) is 13.4. The first kappa shape index (κ1) is 20.2. The topological polar surface area (TPSA) is 64.5 Å². The number of hydrogen-bond donors (Lipinski definition) is 2. The van der Waals surface area contributed by atoms with E-state index in [1.165, 1.54) is 11.1 Å². The number of aliphatic hydroxyl groups is 1. The van der Waals surface area contributed by atoms with Gasteiger partial charge in [-0.2, -0.15) is 0 Å². The number of nitrogens with one attached hydrogen (secondary N) is 1. The van der Waals surface area contributed by atoms with E-state index in [2.05, 4.69) is 49.4 Å². The lowest BCUT2D eigenvalue weighted by molar-refractivity contribution is 0.0293. The number of piperidine rings is 1. The van der Waals surface area contributed by atoms with Crippen LogP contribution in [0.2, 0.25) is 5.02 Å². The van der Waals surface area contributed by atoms with Crippen molar-refractivity contribution < 1.29 is 5.11 Å². The van der Waals surface area contributed by atoms with Gasteiger partial charge in [-0.05, 0) is 42.2 Å². The smallest absolute Gasteiger partial charge is 0.135 e. The van der Waals surface area contributed by atoms with Crippen LogP contribution in [0.4, 0.5) is 17.3 Å². The van der Waals surface area contributed by atoms with Crippen molar-refractivity contribution >= 4 is 28.9 Å². The third-order valence-corrected chi connectivity index (χ3v) is 6.48. The first-order valence-electron chi connectivity index (χ1n) is 10.7. The van der Waals surface area contributed by atoms with Crippen LogP contribution < -0.4 is 10.2 Å². The molecule has 0 aliphatic carbocycles. The monoisotopic (exact) mass is 435 g/mol. The standard InChI is InChI=1S/C24H26ClN5O/c25-19-6-3-7-20(12-19)28-23-13-24(27-16-26-23)30-11-9-21(22(31)15-30)29-10-8-17-4-1-2-5-18(17)14-29/h1-7,12-13,16,21-22,31H,8-11,14-15H2,(H,26,27,28). The minimum absolute atomic E-state index is 0.176. The first-order chi connectivity index (χ1) is 15.2. The summed E-state index contributed by atoms with van der Waals surface area (Å²) < 4.78 is 0. The lowest BCUT2D eigenvalue weighted by atomic mass is 9.94. The van der Waals surface area contributed by atoms with E-state index in [-0.39, 0.29) is 6.04 Å². The van der Waals surface area contributed by atoms with E-state index < -0.39 is 6.10 Å². The first-order valence-corrected chi connectivity index (χ1v) is 11.1. The summed E-state index contributed by atoms with van der Waals surface area (Å²) in [5.41, 5.74) is 3.70. The molecule has 31 heavy (non-hydrogen) atoms. The summed E-state index contributed by atoms with van der Waals surface area (Å²) >= 11 is 6.07. The molecule has 0 spiro atoms. The van der Waals surface area contributed by atoms with Gasteiger partial charge in [0.15, 0.2) is 0 Å². The summed E-state index contributed by atoms with van der Waals surface area (Å²) in [5, 5.41) is 14.9. The maximum Gasteiger partial charge on any atom is 0.135 e. The summed E-state index contributed by atoms with van der Waals surface area (Å²) in [7, 11) is 0. The van der Waals surface area contributed by atoms with Crippen molar-refractivity contribution in [3.63, 3.8) is 0 Å². The van der Waals surface area contributed by atoms with E-state index in [1.54, 1.807) is 6.33 Å². The van der Waals surface area contributed by atoms with E-state index in [0.717, 1.165) is 44.0 Å². The number of anilines is 3. The Morgan fingerprint density at radius 2 is 1.87 bits per heavy atom. The highest BCUT2D eigenvalue weighted by Crippen LogP contribution is 2.28. The highest BCUT2D eigenvalue weighted by molar-refractivity contribution is 6.30. The van der Waals surface area contributed by atoms with Crippen molar-refractivity contribution in [1.82, 2.24) is 14.9 Å². The van der Waals surface area contributed by atoms with Crippen LogP contribution in [0.1, 0.15) is 17.5 Å². The van der Waals surface area contributed by atoms with Gasteiger partial charge in [-0.1, -0.05) is 41.9 Å². The number of β-amino-alcohol motifs (C(OH)–C–C–N with tert-alkyl or cyclic N) is 1. The number of benzene rings is 2. The van der Waals surface area contributed by atoms with Gasteiger partial charge in [0.25, 0.3) is 0 Å². The number of nitrogens with zero attached hydrogens (tertiary/aromatic N) is 4. The van der Waals surface area contributed by atoms with Crippen LogP contribution >= 0.6 is 11.6 Å². The van der Waals surface area contributed by atoms with Gasteiger partial charge in [0.1, 0.15) is 18.0 Å². The van der Waals surface area contributed by atoms with E-state index in [9.17, 15) is 5.11 Å². The van der Waals surface area contributed by atoms with Crippen LogP contribution in [0.25, 0.3) is 0 Å². The Kier molecular flexibility index (Phi) is 5.76. The Morgan fingerprint density at radius 1 is 1.00 bits per heavy atom. The summed E-state index contributed by atoms with van der Waals surface area (Å²) in [6.45, 7) is 3.34. The fraction of sp³-hybridized carbons (Fsp3) is 0.333. The Balaban J connectivity index is 1.25. The van der Waals surface area contributed by atoms with Crippen LogP contribution in [-0.2, 0) is 13.0 Å². The second-order valence-electron chi connectivity index (χ2n) is 8.26. The highest BCUT2D eigenvalue weighted by Gasteiger charge is 2.34. The predicted molar refractivity (Wildman–Crippen MR) is 124 cm³/mol. The Bertz CT molecular complexity index is 1060. The molecule has 5 rings (SSSR count). The van der Waals surface area contributed by atoms with E-state index in [4.69, 9.17) is 11.6 Å². The number of fused-ring (bicyclic) bond motifs is 1. The average Bonchev–Trinajstić information content (AvgIpc) is 2.79. The number of halogens is 1. The third-order valence-electron chi connectivity index (χ3n) is 6.25. The van der Waals surface area contributed by atoms with Crippen molar-refractivity contribution in [3.05, 3.63) is 77.1 Å². The van der Waals surface area contributed by atoms with E-state index in [0.29, 0.717) is 17.4 Å². The zero-order valence-corrected chi connectivity index (χ0v) is 18.0. The molecule has 0 bridgehead atoms. The average molecular weight is 436 g/mol. The van der Waals surface area contributed by atoms with E-state index in [1.807, 2.05) is 30.3 Å². The quantitative estimate of drug-likeness (QED) is 0.648. The maximum atomic E-state index is 11.0. The molecule has 1 fully saturated rings. The maximum absolute atomic E-state index is 11.0. The van der Waals surface area contributed by atoms with Gasteiger partial charge in [0.05, 0.1) is 6.10 Å². The molecule has 7 heteroatoms. The van der Waals surface area contributed by atoms with Crippen molar-refractivity contribution in [1.29, 1.82) is 0 Å². The highest BCUT2D eigenvalue weighted by atomic mass is 35.5. The number of aliphatic hydroxyl groups excluding tert-OH is 1. The van der Waals surface area contributed by atoms with Crippen LogP contribution in [0.15, 0.2) is 60.9 Å². The molecule has 2 aliphatic rings. The van der Waals surface area contributed by atoms with Crippen molar-refractivity contribution in [2.75, 3.05) is 29.9 Å². The van der Waals surface area contributed by atoms with Gasteiger partial charge in [-0.3, -0.25) is 4.90 Å². The molecule has 6 nitrogen and oxygen atoms in total. The van der Waals surface area contributed by atoms with Gasteiger partial charge < -0.3 is 15.3 Å². The predicted octanol–water partition coefficient (Wildman–Crippen LogP) is 3.87. The van der Waals surface area contributed by atoms with Crippen LogP contribution in [0.3, 0.4) is 0 Å². The summed E-state index contributed by atoms with van der Waals surface area (Å²) in [6, 6.07) is 18.3. The van der Waals surface area contributed by atoms with Crippen molar-refractivity contribution in [3.8, 4) is 0 Å². The van der Waals surface area contributed by atoms with Gasteiger partial charge in [-0.25, -0.2) is 9.97 Å². The van der Waals surface area contributed by atoms with Gasteiger partial charge >= 0.3 is 0 Å². The molecule has 3 aromatic rings. The van der Waals surface area contributed by atoms with Gasteiger partial charge in [0.2, 0.25) is 0 Å². The molecule has 2 atom stereocenters. The number of aromatic nitrogens is 2. The van der Waals surface area contributed by atoms with Crippen LogP contribution in [0, 0.1) is 0 Å². The third kappa shape index (κ3) is 4.51. The molecule has 0 amide bonds. The zero-order valence-electron chi connectivity index (χ0n) is 17.3. The lowest BCUT2D eigenvalue weighted by Crippen LogP contribution is -2.55. The second kappa shape index (κ2) is 8.83. The van der Waals surface area contributed by atoms with Crippen molar-refractivity contribution in [2.45, 2.75) is 31.5 Å². The molecule has 0 saturated carbocycles. The largest absolute Gasteiger partial charge is 0.390 e. The van der Waals surface area contributed by atoms with Crippen LogP contribution in [0.5, 0.6) is 0 Å². The molecule has 2 N–H and O–H groups in total.